The molecule has 3 heteroatoms. The summed E-state index contributed by atoms with van der Waals surface area (Å²) in [4.78, 5) is 0. The summed E-state index contributed by atoms with van der Waals surface area (Å²) in [5.41, 5.74) is 0.389. The van der Waals surface area contributed by atoms with Gasteiger partial charge in [0.2, 0.25) is 0 Å². The summed E-state index contributed by atoms with van der Waals surface area (Å²) in [6, 6.07) is 0. The molecule has 0 aliphatic rings. The van der Waals surface area contributed by atoms with E-state index in [1.54, 1.807) is 0 Å². The van der Waals surface area contributed by atoms with Gasteiger partial charge in [0.05, 0.1) is 25.7 Å². The Kier molecular flexibility index (Phi) is 4.30. The third-order valence-corrected chi connectivity index (χ3v) is 1.07. The van der Waals surface area contributed by atoms with Crippen LogP contribution in [-0.4, -0.2) is 35.1 Å². The average Bonchev–Trinajstić information content (AvgIpc) is 1.90. The van der Waals surface area contributed by atoms with Gasteiger partial charge in [-0.1, -0.05) is 6.58 Å². The highest BCUT2D eigenvalue weighted by atomic mass is 16.3. The molecule has 0 rings (SSSR count). The molecule has 0 saturated heterocycles. The summed E-state index contributed by atoms with van der Waals surface area (Å²) >= 11 is 0. The van der Waals surface area contributed by atoms with Gasteiger partial charge in [-0.25, -0.2) is 0 Å². The lowest BCUT2D eigenvalue weighted by Gasteiger charge is -2.09. The number of hydrogen-bond acceptors (Lipinski definition) is 3. The van der Waals surface area contributed by atoms with Gasteiger partial charge in [0.1, 0.15) is 0 Å². The monoisotopic (exact) mass is 131 g/mol. The van der Waals surface area contributed by atoms with E-state index in [9.17, 15) is 0 Å². The Balaban J connectivity index is 3.64. The Morgan fingerprint density at radius 3 is 1.56 bits per heavy atom. The van der Waals surface area contributed by atoms with Crippen LogP contribution in [0.15, 0.2) is 12.2 Å². The fourth-order valence-corrected chi connectivity index (χ4v) is 0.385. The Labute approximate surface area is 54.3 Å². The van der Waals surface area contributed by atoms with Gasteiger partial charge < -0.3 is 15.3 Å². The fraction of sp³-hybridized carbons (Fsp3) is 0.500. The van der Waals surface area contributed by atoms with E-state index >= 15 is 0 Å². The van der Waals surface area contributed by atoms with Crippen molar-refractivity contribution in [3.8, 4) is 0 Å². The zero-order valence-corrected chi connectivity index (χ0v) is 5.17. The van der Waals surface area contributed by atoms with E-state index in [4.69, 9.17) is 15.3 Å². The lowest BCUT2D eigenvalue weighted by atomic mass is 10.0. The van der Waals surface area contributed by atoms with E-state index in [0.717, 1.165) is 0 Å². The molecule has 3 N–H and O–H groups in total. The normalized spacial score (nSPS) is 10.2. The molecule has 0 aromatic carbocycles. The lowest BCUT2D eigenvalue weighted by Crippen LogP contribution is -2.12. The zero-order valence-electron chi connectivity index (χ0n) is 5.17. The third-order valence-electron chi connectivity index (χ3n) is 1.07. The minimum Gasteiger partial charge on any atom is -0.395 e. The second kappa shape index (κ2) is 4.49. The van der Waals surface area contributed by atoms with Gasteiger partial charge in [0.15, 0.2) is 0 Å². The molecule has 9 heavy (non-hydrogen) atoms. The largest absolute Gasteiger partial charge is 0.395 e. The average molecular weight is 131 g/mol. The maximum atomic E-state index is 8.46. The minimum atomic E-state index is -0.240. The minimum absolute atomic E-state index is 0.212. The molecule has 0 bridgehead atoms. The highest BCUT2D eigenvalue weighted by molar-refractivity contribution is 5.21. The predicted octanol–water partition coefficient (Wildman–Crippen LogP) is -0.906. The molecule has 0 amide bonds. The maximum Gasteiger partial charge on any atom is 0.0646 e. The van der Waals surface area contributed by atoms with E-state index in [2.05, 4.69) is 6.58 Å². The molecule has 0 saturated carbocycles. The van der Waals surface area contributed by atoms with Crippen molar-refractivity contribution in [1.82, 2.24) is 0 Å². The van der Waals surface area contributed by atoms with E-state index in [1.807, 2.05) is 0 Å². The number of aliphatic hydroxyl groups excluding tert-OH is 3. The molecule has 0 unspecified atom stereocenters. The Morgan fingerprint density at radius 2 is 1.44 bits per heavy atom. The van der Waals surface area contributed by atoms with Gasteiger partial charge in [-0.2, -0.15) is 0 Å². The quantitative estimate of drug-likeness (QED) is 0.463. The van der Waals surface area contributed by atoms with Crippen molar-refractivity contribution in [3.05, 3.63) is 18.1 Å². The Hall–Kier alpha value is -0.380. The first kappa shape index (κ1) is 8.62. The molecule has 0 aliphatic heterocycles. The molecule has 0 spiro atoms. The van der Waals surface area contributed by atoms with Gasteiger partial charge in [-0.05, 0) is 5.57 Å². The molecule has 0 fully saturated rings. The van der Waals surface area contributed by atoms with E-state index in [0.29, 0.717) is 11.5 Å². The topological polar surface area (TPSA) is 60.7 Å². The first-order valence-electron chi connectivity index (χ1n) is 2.61. The van der Waals surface area contributed by atoms with Crippen molar-refractivity contribution in [2.45, 2.75) is 0 Å². The van der Waals surface area contributed by atoms with Crippen LogP contribution in [0.2, 0.25) is 0 Å². The summed E-state index contributed by atoms with van der Waals surface area (Å²) in [7, 11) is 0. The molecule has 0 aliphatic carbocycles. The van der Waals surface area contributed by atoms with Crippen LogP contribution in [0, 0.1) is 5.92 Å². The molecular weight excluding hydrogens is 120 g/mol. The van der Waals surface area contributed by atoms with E-state index in [1.165, 1.54) is 0 Å². The van der Waals surface area contributed by atoms with Gasteiger partial charge in [0.25, 0.3) is 0 Å². The van der Waals surface area contributed by atoms with Crippen LogP contribution in [0.3, 0.4) is 0 Å². The van der Waals surface area contributed by atoms with Gasteiger partial charge in [0, 0.05) is 0 Å². The Bertz CT molecular complexity index is 86.3. The third kappa shape index (κ3) is 2.60. The molecular formula is C6H11O3. The highest BCUT2D eigenvalue weighted by Crippen LogP contribution is 2.07. The molecule has 0 heterocycles. The Morgan fingerprint density at radius 1 is 1.00 bits per heavy atom. The second-order valence-electron chi connectivity index (χ2n) is 1.68. The molecule has 3 nitrogen and oxygen atoms in total. The van der Waals surface area contributed by atoms with Crippen LogP contribution >= 0.6 is 0 Å². The van der Waals surface area contributed by atoms with Crippen LogP contribution < -0.4 is 0 Å². The number of rotatable bonds is 4. The number of hydrogen-bond donors (Lipinski definition) is 3. The smallest absolute Gasteiger partial charge is 0.0646 e. The summed E-state index contributed by atoms with van der Waals surface area (Å²) in [6.45, 7) is 2.72. The van der Waals surface area contributed by atoms with Crippen molar-refractivity contribution in [2.24, 2.45) is 0 Å². The second-order valence-corrected chi connectivity index (χ2v) is 1.68. The van der Waals surface area contributed by atoms with Crippen LogP contribution in [0.4, 0.5) is 0 Å². The number of aliphatic hydroxyl groups is 3. The van der Waals surface area contributed by atoms with Crippen LogP contribution in [0.1, 0.15) is 0 Å². The first-order valence-corrected chi connectivity index (χ1v) is 2.61. The van der Waals surface area contributed by atoms with Crippen LogP contribution in [-0.2, 0) is 0 Å². The summed E-state index contributed by atoms with van der Waals surface area (Å²) in [5, 5.41) is 25.3. The van der Waals surface area contributed by atoms with E-state index < -0.39 is 0 Å². The molecule has 53 valence electrons. The molecule has 0 aromatic heterocycles. The van der Waals surface area contributed by atoms with Crippen molar-refractivity contribution in [1.29, 1.82) is 0 Å². The fourth-order valence-electron chi connectivity index (χ4n) is 0.385. The highest BCUT2D eigenvalue weighted by Gasteiger charge is 2.08. The van der Waals surface area contributed by atoms with E-state index in [-0.39, 0.29) is 19.8 Å². The lowest BCUT2D eigenvalue weighted by molar-refractivity contribution is 0.238. The summed E-state index contributed by atoms with van der Waals surface area (Å²) in [6.07, 6.45) is 0. The zero-order chi connectivity index (χ0) is 7.28. The van der Waals surface area contributed by atoms with Crippen LogP contribution in [0.25, 0.3) is 0 Å². The van der Waals surface area contributed by atoms with Crippen molar-refractivity contribution in [2.75, 3.05) is 19.8 Å². The SMILES string of the molecule is C=C(CO)[C](CO)CO. The van der Waals surface area contributed by atoms with Gasteiger partial charge >= 0.3 is 0 Å². The summed E-state index contributed by atoms with van der Waals surface area (Å²) < 4.78 is 0. The van der Waals surface area contributed by atoms with Crippen LogP contribution in [0.5, 0.6) is 0 Å². The predicted molar refractivity (Wildman–Crippen MR) is 33.6 cm³/mol. The summed E-state index contributed by atoms with van der Waals surface area (Å²) in [5.74, 6) is 0.387. The van der Waals surface area contributed by atoms with Gasteiger partial charge in [-0.3, -0.25) is 0 Å². The molecule has 0 aromatic rings. The van der Waals surface area contributed by atoms with Crippen molar-refractivity contribution >= 4 is 0 Å². The maximum absolute atomic E-state index is 8.46. The van der Waals surface area contributed by atoms with Gasteiger partial charge in [-0.15, -0.1) is 0 Å². The van der Waals surface area contributed by atoms with Crippen molar-refractivity contribution < 1.29 is 15.3 Å². The molecule has 0 atom stereocenters. The van der Waals surface area contributed by atoms with Crippen molar-refractivity contribution in [3.63, 3.8) is 0 Å². The molecule has 1 radical (unpaired) electrons. The standard InChI is InChI=1S/C6H11O3/c1-5(2-7)6(3-8)4-9/h7-9H,1-4H2. The first-order chi connectivity index (χ1) is 4.26.